The van der Waals surface area contributed by atoms with Gasteiger partial charge in [0.1, 0.15) is 0 Å². The van der Waals surface area contributed by atoms with Crippen LogP contribution in [0.5, 0.6) is 0 Å². The van der Waals surface area contributed by atoms with Crippen LogP contribution in [0.1, 0.15) is 11.1 Å². The third-order valence-electron chi connectivity index (χ3n) is 8.09. The van der Waals surface area contributed by atoms with Crippen LogP contribution in [0.15, 0.2) is 158 Å². The number of hydrogen-bond acceptors (Lipinski definition) is 1. The van der Waals surface area contributed by atoms with Crippen LogP contribution >= 0.6 is 0 Å². The van der Waals surface area contributed by atoms with Crippen LogP contribution in [0.25, 0.3) is 38.8 Å². The molecule has 7 aromatic rings. The largest absolute Gasteiger partial charge is 0.317 e. The van der Waals surface area contributed by atoms with Gasteiger partial charge in [0.05, 0.1) is 5.52 Å². The topological polar surface area (TPSA) is 8.17 Å². The van der Waals surface area contributed by atoms with E-state index in [1.54, 1.807) is 0 Å². The molecular weight excluding hydrogens is 508 g/mol. The lowest BCUT2D eigenvalue weighted by atomic mass is 9.95. The molecule has 0 aliphatic heterocycles. The smallest absolute Gasteiger partial charge is 0.0528 e. The first-order valence-electron chi connectivity index (χ1n) is 14.4. The van der Waals surface area contributed by atoms with E-state index in [4.69, 9.17) is 0 Å². The predicted molar refractivity (Wildman–Crippen MR) is 178 cm³/mol. The monoisotopic (exact) mass is 540 g/mol. The van der Waals surface area contributed by atoms with Crippen LogP contribution < -0.4 is 4.90 Å². The van der Waals surface area contributed by atoms with Crippen LogP contribution in [0.2, 0.25) is 0 Å². The molecule has 1 heterocycles. The second kappa shape index (κ2) is 10.9. The van der Waals surface area contributed by atoms with Crippen LogP contribution in [0.4, 0.5) is 17.1 Å². The lowest BCUT2D eigenvalue weighted by Gasteiger charge is -2.26. The summed E-state index contributed by atoms with van der Waals surface area (Å²) in [5.41, 5.74) is 13.3. The average Bonchev–Trinajstić information content (AvgIpc) is 3.47. The minimum Gasteiger partial charge on any atom is -0.317 e. The van der Waals surface area contributed by atoms with Gasteiger partial charge in [0.25, 0.3) is 0 Å². The summed E-state index contributed by atoms with van der Waals surface area (Å²) in [6, 6.07) is 54.3. The van der Waals surface area contributed by atoms with Crippen molar-refractivity contribution >= 4 is 28.0 Å². The highest BCUT2D eigenvalue weighted by Gasteiger charge is 2.15. The highest BCUT2D eigenvalue weighted by Crippen LogP contribution is 2.38. The number of hydrogen-bond donors (Lipinski definition) is 0. The molecule has 0 bridgehead atoms. The Morgan fingerprint density at radius 2 is 1.02 bits per heavy atom. The summed E-state index contributed by atoms with van der Waals surface area (Å²) in [5.74, 6) is 0. The first-order chi connectivity index (χ1) is 20.7. The van der Waals surface area contributed by atoms with E-state index in [0.29, 0.717) is 0 Å². The third kappa shape index (κ3) is 4.78. The molecule has 0 saturated heterocycles. The van der Waals surface area contributed by atoms with Crippen molar-refractivity contribution in [2.45, 2.75) is 13.8 Å². The average molecular weight is 541 g/mol. The van der Waals surface area contributed by atoms with E-state index in [9.17, 15) is 0 Å². The second-order valence-electron chi connectivity index (χ2n) is 10.8. The van der Waals surface area contributed by atoms with E-state index in [0.717, 1.165) is 17.1 Å². The SMILES string of the molecule is Cc1cc(N(c2ccccc2)c2ccc(-c3ccccc3)cc2)ccc1-c1ccc(-n2ccc3ccccc32)cc1C. The molecule has 42 heavy (non-hydrogen) atoms. The van der Waals surface area contributed by atoms with E-state index < -0.39 is 0 Å². The molecular formula is C40H32N2. The number of aryl methyl sites for hydroxylation is 2. The Bertz CT molecular complexity index is 1980. The Morgan fingerprint density at radius 3 is 1.74 bits per heavy atom. The first-order valence-corrected chi connectivity index (χ1v) is 14.4. The first kappa shape index (κ1) is 25.6. The van der Waals surface area contributed by atoms with E-state index in [1.807, 2.05) is 0 Å². The molecule has 0 radical (unpaired) electrons. The summed E-state index contributed by atoms with van der Waals surface area (Å²) in [7, 11) is 0. The molecule has 7 rings (SSSR count). The number of fused-ring (bicyclic) bond motifs is 1. The molecule has 202 valence electrons. The normalized spacial score (nSPS) is 11.1. The van der Waals surface area contributed by atoms with Crippen molar-refractivity contribution in [2.24, 2.45) is 0 Å². The van der Waals surface area contributed by atoms with Crippen LogP contribution in [-0.4, -0.2) is 4.57 Å². The molecule has 6 aromatic carbocycles. The zero-order valence-electron chi connectivity index (χ0n) is 23.9. The van der Waals surface area contributed by atoms with E-state index in [-0.39, 0.29) is 0 Å². The maximum absolute atomic E-state index is 2.33. The fourth-order valence-electron chi connectivity index (χ4n) is 5.95. The second-order valence-corrected chi connectivity index (χ2v) is 10.8. The number of anilines is 3. The highest BCUT2D eigenvalue weighted by molar-refractivity contribution is 5.84. The van der Waals surface area contributed by atoms with Gasteiger partial charge in [-0.1, -0.05) is 91.0 Å². The van der Waals surface area contributed by atoms with E-state index in [1.165, 1.54) is 50.0 Å². The van der Waals surface area contributed by atoms with Gasteiger partial charge in [-0.2, -0.15) is 0 Å². The van der Waals surface area contributed by atoms with Gasteiger partial charge in [-0.15, -0.1) is 0 Å². The molecule has 1 aromatic heterocycles. The molecule has 0 N–H and O–H groups in total. The summed E-state index contributed by atoms with van der Waals surface area (Å²) in [6.07, 6.45) is 2.16. The Hall–Kier alpha value is -5.34. The minimum atomic E-state index is 1.13. The molecule has 2 heteroatoms. The van der Waals surface area contributed by atoms with Crippen molar-refractivity contribution in [2.75, 3.05) is 4.90 Å². The molecule has 0 amide bonds. The van der Waals surface area contributed by atoms with E-state index >= 15 is 0 Å². The maximum atomic E-state index is 2.33. The number of para-hydroxylation sites is 2. The van der Waals surface area contributed by atoms with Gasteiger partial charge in [-0.3, -0.25) is 0 Å². The van der Waals surface area contributed by atoms with Crippen molar-refractivity contribution in [3.63, 3.8) is 0 Å². The fraction of sp³-hybridized carbons (Fsp3) is 0.0500. The molecule has 0 unspecified atom stereocenters. The van der Waals surface area contributed by atoms with Gasteiger partial charge in [0.2, 0.25) is 0 Å². The standard InChI is InChI=1S/C40H32N2/c1-29-27-36(41-26-25-33-13-9-10-16-40(33)41)21-23-38(29)39-24-22-37(28-30(39)2)42(34-14-7-4-8-15-34)35-19-17-32(18-20-35)31-11-5-3-6-12-31/h3-28H,1-2H3. The molecule has 0 aliphatic rings. The summed E-state index contributed by atoms with van der Waals surface area (Å²) >= 11 is 0. The molecule has 0 saturated carbocycles. The molecule has 2 nitrogen and oxygen atoms in total. The fourth-order valence-corrected chi connectivity index (χ4v) is 5.95. The van der Waals surface area contributed by atoms with Crippen molar-refractivity contribution < 1.29 is 0 Å². The van der Waals surface area contributed by atoms with Crippen molar-refractivity contribution in [3.8, 4) is 27.9 Å². The summed E-state index contributed by atoms with van der Waals surface area (Å²) in [4.78, 5) is 2.33. The lowest BCUT2D eigenvalue weighted by Crippen LogP contribution is -2.10. The summed E-state index contributed by atoms with van der Waals surface area (Å²) in [6.45, 7) is 4.43. The summed E-state index contributed by atoms with van der Waals surface area (Å²) in [5, 5.41) is 1.25. The number of benzene rings is 6. The number of nitrogens with zero attached hydrogens (tertiary/aromatic N) is 2. The Labute approximate surface area is 247 Å². The zero-order chi connectivity index (χ0) is 28.5. The van der Waals surface area contributed by atoms with Gasteiger partial charge in [-0.05, 0) is 113 Å². The highest BCUT2D eigenvalue weighted by atomic mass is 15.1. The number of rotatable bonds is 6. The van der Waals surface area contributed by atoms with Crippen LogP contribution in [0.3, 0.4) is 0 Å². The lowest BCUT2D eigenvalue weighted by molar-refractivity contribution is 1.12. The van der Waals surface area contributed by atoms with Gasteiger partial charge >= 0.3 is 0 Å². The summed E-state index contributed by atoms with van der Waals surface area (Å²) < 4.78 is 2.27. The van der Waals surface area contributed by atoms with Crippen molar-refractivity contribution in [3.05, 3.63) is 169 Å². The molecule has 0 atom stereocenters. The Balaban J connectivity index is 1.24. The molecule has 0 fully saturated rings. The quantitative estimate of drug-likeness (QED) is 0.204. The minimum absolute atomic E-state index is 1.13. The van der Waals surface area contributed by atoms with Crippen molar-refractivity contribution in [1.82, 2.24) is 4.57 Å². The van der Waals surface area contributed by atoms with Gasteiger partial charge < -0.3 is 9.47 Å². The molecule has 0 aliphatic carbocycles. The van der Waals surface area contributed by atoms with Gasteiger partial charge in [-0.25, -0.2) is 0 Å². The predicted octanol–water partition coefficient (Wildman–Crippen LogP) is 11.1. The van der Waals surface area contributed by atoms with E-state index in [2.05, 4.69) is 181 Å². The van der Waals surface area contributed by atoms with Crippen LogP contribution in [-0.2, 0) is 0 Å². The maximum Gasteiger partial charge on any atom is 0.0528 e. The Morgan fingerprint density at radius 1 is 0.452 bits per heavy atom. The van der Waals surface area contributed by atoms with Gasteiger partial charge in [0, 0.05) is 28.9 Å². The molecule has 0 spiro atoms. The van der Waals surface area contributed by atoms with Gasteiger partial charge in [0.15, 0.2) is 0 Å². The van der Waals surface area contributed by atoms with Crippen LogP contribution in [0, 0.1) is 13.8 Å². The Kier molecular flexibility index (Phi) is 6.65. The van der Waals surface area contributed by atoms with Crippen molar-refractivity contribution in [1.29, 1.82) is 0 Å². The zero-order valence-corrected chi connectivity index (χ0v) is 23.9. The number of aromatic nitrogens is 1. The third-order valence-corrected chi connectivity index (χ3v) is 8.09.